The number of rotatable bonds is 4. The quantitative estimate of drug-likeness (QED) is 0.497. The number of hydrogen-bond donors (Lipinski definition) is 1. The molecule has 0 spiro atoms. The molecule has 1 atom stereocenters. The summed E-state index contributed by atoms with van der Waals surface area (Å²) in [5.74, 6) is 0.639. The highest BCUT2D eigenvalue weighted by Crippen LogP contribution is 2.38. The van der Waals surface area contributed by atoms with Crippen molar-refractivity contribution >= 4 is 46.9 Å². The molecule has 3 heterocycles. The van der Waals surface area contributed by atoms with E-state index in [4.69, 9.17) is 23.2 Å². The van der Waals surface area contributed by atoms with E-state index in [1.807, 2.05) is 55.5 Å². The molecule has 1 fully saturated rings. The Morgan fingerprint density at radius 1 is 0.972 bits per heavy atom. The average Bonchev–Trinajstić information content (AvgIpc) is 3.36. The largest absolute Gasteiger partial charge is 0.344 e. The van der Waals surface area contributed by atoms with Gasteiger partial charge < -0.3 is 15.1 Å². The van der Waals surface area contributed by atoms with Gasteiger partial charge in [0.15, 0.2) is 0 Å². The maximum Gasteiger partial charge on any atom is 0.254 e. The molecule has 0 saturated carbocycles. The number of halogens is 2. The van der Waals surface area contributed by atoms with Gasteiger partial charge in [0, 0.05) is 44.0 Å². The molecule has 1 N–H and O–H groups in total. The van der Waals surface area contributed by atoms with Crippen molar-refractivity contribution in [1.82, 2.24) is 19.6 Å². The van der Waals surface area contributed by atoms with E-state index >= 15 is 0 Å². The van der Waals surface area contributed by atoms with E-state index in [1.165, 1.54) is 0 Å². The highest BCUT2D eigenvalue weighted by Gasteiger charge is 2.36. The first-order chi connectivity index (χ1) is 17.4. The molecule has 184 valence electrons. The number of benzene rings is 2. The third kappa shape index (κ3) is 4.76. The van der Waals surface area contributed by atoms with Crippen molar-refractivity contribution in [2.24, 2.45) is 0 Å². The number of nitrogens with zero attached hydrogens (tertiary/aromatic N) is 4. The molecule has 9 heteroatoms. The molecule has 36 heavy (non-hydrogen) atoms. The third-order valence-electron chi connectivity index (χ3n) is 6.49. The number of allylic oxidation sites excluding steroid dienone is 1. The van der Waals surface area contributed by atoms with Crippen LogP contribution < -0.4 is 5.32 Å². The van der Waals surface area contributed by atoms with Crippen molar-refractivity contribution in [2.45, 2.75) is 13.0 Å². The average molecular weight is 522 g/mol. The first-order valence-electron chi connectivity index (χ1n) is 11.7. The van der Waals surface area contributed by atoms with Crippen molar-refractivity contribution in [1.29, 1.82) is 0 Å². The van der Waals surface area contributed by atoms with Gasteiger partial charge in [-0.3, -0.25) is 9.59 Å². The zero-order chi connectivity index (χ0) is 25.2. The second-order valence-corrected chi connectivity index (χ2v) is 9.58. The van der Waals surface area contributed by atoms with E-state index in [9.17, 15) is 9.59 Å². The van der Waals surface area contributed by atoms with Gasteiger partial charge in [0.1, 0.15) is 11.9 Å². The smallest absolute Gasteiger partial charge is 0.254 e. The minimum absolute atomic E-state index is 0.0597. The van der Waals surface area contributed by atoms with Gasteiger partial charge >= 0.3 is 0 Å². The first-order valence-corrected chi connectivity index (χ1v) is 12.5. The third-order valence-corrected chi connectivity index (χ3v) is 7.23. The van der Waals surface area contributed by atoms with Crippen LogP contribution in [0.1, 0.15) is 24.1 Å². The Hall–Kier alpha value is -3.55. The fourth-order valence-corrected chi connectivity index (χ4v) is 4.92. The second-order valence-electron chi connectivity index (χ2n) is 8.76. The van der Waals surface area contributed by atoms with Gasteiger partial charge in [0.2, 0.25) is 5.91 Å². The van der Waals surface area contributed by atoms with Gasteiger partial charge in [0.25, 0.3) is 5.91 Å². The van der Waals surface area contributed by atoms with Gasteiger partial charge in [-0.2, -0.15) is 5.10 Å². The Bertz CT molecular complexity index is 1360. The van der Waals surface area contributed by atoms with E-state index in [1.54, 1.807) is 38.9 Å². The number of piperazine rings is 1. The fourth-order valence-electron chi connectivity index (χ4n) is 4.61. The number of anilines is 1. The van der Waals surface area contributed by atoms with Crippen LogP contribution in [0, 0.1) is 0 Å². The van der Waals surface area contributed by atoms with Crippen molar-refractivity contribution < 1.29 is 9.59 Å². The van der Waals surface area contributed by atoms with E-state index in [2.05, 4.69) is 10.4 Å². The zero-order valence-corrected chi connectivity index (χ0v) is 21.2. The topological polar surface area (TPSA) is 70.5 Å². The maximum absolute atomic E-state index is 13.8. The Kier molecular flexibility index (Phi) is 6.85. The van der Waals surface area contributed by atoms with Crippen molar-refractivity contribution in [3.8, 4) is 0 Å². The molecule has 2 aromatic carbocycles. The minimum Gasteiger partial charge on any atom is -0.344 e. The molecule has 5 rings (SSSR count). The Labute approximate surface area is 219 Å². The SMILES string of the molecule is CC1=C(C(=O)N2CCN(C(=O)/C=C/c3ccccc3)CC2)C(c2ccc(Cl)c(Cl)c2)n2nccc2N1. The summed E-state index contributed by atoms with van der Waals surface area (Å²) in [6, 6.07) is 16.5. The first kappa shape index (κ1) is 24.2. The lowest BCUT2D eigenvalue weighted by Gasteiger charge is -2.37. The van der Waals surface area contributed by atoms with Crippen LogP contribution in [0.2, 0.25) is 10.0 Å². The molecule has 2 aliphatic rings. The number of fused-ring (bicyclic) bond motifs is 1. The number of amides is 2. The maximum atomic E-state index is 13.8. The number of carbonyl (C=O) groups excluding carboxylic acids is 2. The van der Waals surface area contributed by atoms with Crippen LogP contribution in [0.15, 0.2) is 78.1 Å². The molecule has 1 aromatic heterocycles. The lowest BCUT2D eigenvalue weighted by Crippen LogP contribution is -2.51. The van der Waals surface area contributed by atoms with Gasteiger partial charge in [-0.25, -0.2) is 4.68 Å². The van der Waals surface area contributed by atoms with Gasteiger partial charge in [-0.15, -0.1) is 0 Å². The summed E-state index contributed by atoms with van der Waals surface area (Å²) in [6.07, 6.45) is 5.09. The van der Waals surface area contributed by atoms with Crippen molar-refractivity contribution in [3.63, 3.8) is 0 Å². The van der Waals surface area contributed by atoms with Gasteiger partial charge in [-0.05, 0) is 36.3 Å². The molecule has 0 radical (unpaired) electrons. The summed E-state index contributed by atoms with van der Waals surface area (Å²) in [6.45, 7) is 3.71. The van der Waals surface area contributed by atoms with Crippen molar-refractivity contribution in [2.75, 3.05) is 31.5 Å². The zero-order valence-electron chi connectivity index (χ0n) is 19.7. The molecule has 1 unspecified atom stereocenters. The van der Waals surface area contributed by atoms with Gasteiger partial charge in [0.05, 0.1) is 21.8 Å². The molecule has 3 aromatic rings. The monoisotopic (exact) mass is 521 g/mol. The van der Waals surface area contributed by atoms with Crippen LogP contribution in [0.4, 0.5) is 5.82 Å². The number of carbonyl (C=O) groups is 2. The van der Waals surface area contributed by atoms with Gasteiger partial charge in [-0.1, -0.05) is 59.6 Å². The predicted octanol–water partition coefficient (Wildman–Crippen LogP) is 4.86. The number of nitrogens with one attached hydrogen (secondary N) is 1. The van der Waals surface area contributed by atoms with Crippen LogP contribution in [-0.4, -0.2) is 57.6 Å². The molecule has 0 bridgehead atoms. The van der Waals surface area contributed by atoms with E-state index in [0.29, 0.717) is 41.8 Å². The molecule has 0 aliphatic carbocycles. The summed E-state index contributed by atoms with van der Waals surface area (Å²) in [4.78, 5) is 30.1. The lowest BCUT2D eigenvalue weighted by molar-refractivity contribution is -0.134. The Balaban J connectivity index is 1.33. The normalized spacial score (nSPS) is 17.8. The van der Waals surface area contributed by atoms with Crippen LogP contribution in [0.25, 0.3) is 6.08 Å². The van der Waals surface area contributed by atoms with E-state index < -0.39 is 6.04 Å². The van der Waals surface area contributed by atoms with Crippen LogP contribution in [-0.2, 0) is 9.59 Å². The molecular formula is C27H25Cl2N5O2. The Morgan fingerprint density at radius 2 is 1.69 bits per heavy atom. The molecular weight excluding hydrogens is 497 g/mol. The van der Waals surface area contributed by atoms with Crippen LogP contribution in [0.3, 0.4) is 0 Å². The summed E-state index contributed by atoms with van der Waals surface area (Å²) < 4.78 is 1.79. The standard InChI is InChI=1S/C27H25Cl2N5O2/c1-18-25(26(34-23(31-18)11-12-30-34)20-8-9-21(28)22(29)17-20)27(36)33-15-13-32(14-16-33)24(35)10-7-19-5-3-2-4-6-19/h2-12,17,26,31H,13-16H2,1H3/b10-7+. The Morgan fingerprint density at radius 3 is 2.42 bits per heavy atom. The highest BCUT2D eigenvalue weighted by atomic mass is 35.5. The predicted molar refractivity (Wildman–Crippen MR) is 142 cm³/mol. The van der Waals surface area contributed by atoms with Crippen LogP contribution in [0.5, 0.6) is 0 Å². The molecule has 1 saturated heterocycles. The van der Waals surface area contributed by atoms with E-state index in [0.717, 1.165) is 22.6 Å². The van der Waals surface area contributed by atoms with E-state index in [-0.39, 0.29) is 11.8 Å². The minimum atomic E-state index is -0.452. The number of aromatic nitrogens is 2. The summed E-state index contributed by atoms with van der Waals surface area (Å²) in [5.41, 5.74) is 3.14. The second kappa shape index (κ2) is 10.2. The summed E-state index contributed by atoms with van der Waals surface area (Å²) in [7, 11) is 0. The summed E-state index contributed by atoms with van der Waals surface area (Å²) in [5, 5.41) is 8.63. The summed E-state index contributed by atoms with van der Waals surface area (Å²) >= 11 is 12.5. The fraction of sp³-hybridized carbons (Fsp3) is 0.222. The molecule has 2 aliphatic heterocycles. The number of hydrogen-bond acceptors (Lipinski definition) is 4. The highest BCUT2D eigenvalue weighted by molar-refractivity contribution is 6.42. The van der Waals surface area contributed by atoms with Crippen LogP contribution >= 0.6 is 23.2 Å². The molecule has 7 nitrogen and oxygen atoms in total. The van der Waals surface area contributed by atoms with Crippen molar-refractivity contribution in [3.05, 3.63) is 99.3 Å². The molecule has 2 amide bonds. The lowest BCUT2D eigenvalue weighted by atomic mass is 9.94.